The van der Waals surface area contributed by atoms with Crippen LogP contribution in [0.3, 0.4) is 0 Å². The van der Waals surface area contributed by atoms with Gasteiger partial charge in [-0.3, -0.25) is 19.1 Å². The third-order valence-electron chi connectivity index (χ3n) is 2.92. The van der Waals surface area contributed by atoms with E-state index >= 15 is 0 Å². The lowest BCUT2D eigenvalue weighted by Crippen LogP contribution is -2.41. The molecule has 0 atom stereocenters. The number of aromatic amines is 1. The minimum atomic E-state index is -0.720. The zero-order chi connectivity index (χ0) is 14.8. The molecule has 8 nitrogen and oxygen atoms in total. The molecule has 1 aromatic rings. The second kappa shape index (κ2) is 5.17. The van der Waals surface area contributed by atoms with Gasteiger partial charge in [0.2, 0.25) is 5.91 Å². The van der Waals surface area contributed by atoms with E-state index in [1.165, 1.54) is 14.1 Å². The smallest absolute Gasteiger partial charge is 0.329 e. The molecule has 0 bridgehead atoms. The lowest BCUT2D eigenvalue weighted by Gasteiger charge is -2.23. The number of aromatic nitrogens is 2. The molecule has 1 heterocycles. The number of nitrogens with one attached hydrogen (secondary N) is 3. The normalized spacial score (nSPS) is 11.2. The van der Waals surface area contributed by atoms with Crippen molar-refractivity contribution < 1.29 is 4.79 Å². The van der Waals surface area contributed by atoms with Crippen LogP contribution in [0, 0.1) is 5.41 Å². The Morgan fingerprint density at radius 3 is 2.53 bits per heavy atom. The minimum Gasteiger partial charge on any atom is -0.383 e. The van der Waals surface area contributed by atoms with Crippen molar-refractivity contribution in [3.63, 3.8) is 0 Å². The van der Waals surface area contributed by atoms with Gasteiger partial charge < -0.3 is 16.4 Å². The number of amides is 1. The van der Waals surface area contributed by atoms with E-state index in [1.807, 2.05) is 0 Å². The number of nitrogen functional groups attached to an aromatic ring is 1. The molecule has 0 unspecified atom stereocenters. The van der Waals surface area contributed by atoms with Gasteiger partial charge in [0.05, 0.1) is 5.41 Å². The summed E-state index contributed by atoms with van der Waals surface area (Å²) in [5, 5.41) is 5.36. The molecule has 0 aliphatic rings. The number of H-pyrrole nitrogens is 1. The van der Waals surface area contributed by atoms with Crippen molar-refractivity contribution in [3.8, 4) is 0 Å². The minimum absolute atomic E-state index is 0.0291. The van der Waals surface area contributed by atoms with E-state index in [0.717, 1.165) is 4.57 Å². The van der Waals surface area contributed by atoms with E-state index in [-0.39, 0.29) is 24.0 Å². The highest BCUT2D eigenvalue weighted by Crippen LogP contribution is 2.17. The van der Waals surface area contributed by atoms with Crippen LogP contribution < -0.4 is 27.6 Å². The Bertz CT molecular complexity index is 599. The second-order valence-electron chi connectivity index (χ2n) is 4.90. The number of carbonyl (C=O) groups is 1. The Kier molecular flexibility index (Phi) is 4.03. The Labute approximate surface area is 110 Å². The molecule has 1 aromatic heterocycles. The van der Waals surface area contributed by atoms with Gasteiger partial charge in [-0.05, 0) is 13.8 Å². The maximum Gasteiger partial charge on any atom is 0.329 e. The largest absolute Gasteiger partial charge is 0.383 e. The van der Waals surface area contributed by atoms with Crippen LogP contribution in [0.15, 0.2) is 9.59 Å². The molecule has 0 aliphatic heterocycles. The highest BCUT2D eigenvalue weighted by atomic mass is 16.2. The Morgan fingerprint density at radius 2 is 2.00 bits per heavy atom. The van der Waals surface area contributed by atoms with Crippen LogP contribution in [-0.4, -0.2) is 29.1 Å². The number of hydrogen-bond acceptors (Lipinski definition) is 5. The second-order valence-corrected chi connectivity index (χ2v) is 4.90. The number of nitrogens with two attached hydrogens (primary N) is 1. The predicted octanol–water partition coefficient (Wildman–Crippen LogP) is -1.16. The maximum absolute atomic E-state index is 11.7. The zero-order valence-electron chi connectivity index (χ0n) is 11.5. The van der Waals surface area contributed by atoms with E-state index in [1.54, 1.807) is 13.8 Å². The monoisotopic (exact) mass is 269 g/mol. The number of carbonyl (C=O) groups excluding carboxylic acids is 1. The summed E-state index contributed by atoms with van der Waals surface area (Å²) in [4.78, 5) is 36.7. The zero-order valence-corrected chi connectivity index (χ0v) is 11.5. The summed E-state index contributed by atoms with van der Waals surface area (Å²) < 4.78 is 1.12. The van der Waals surface area contributed by atoms with Gasteiger partial charge in [-0.2, -0.15) is 0 Å². The first-order chi connectivity index (χ1) is 8.70. The predicted molar refractivity (Wildman–Crippen MR) is 73.1 cm³/mol. The van der Waals surface area contributed by atoms with Crippen molar-refractivity contribution in [2.45, 2.75) is 13.8 Å². The van der Waals surface area contributed by atoms with Gasteiger partial charge in [-0.1, -0.05) is 0 Å². The highest BCUT2D eigenvalue weighted by molar-refractivity contribution is 5.82. The number of nitrogens with zero attached hydrogens (tertiary/aromatic N) is 1. The van der Waals surface area contributed by atoms with Gasteiger partial charge in [0, 0.05) is 20.6 Å². The topological polar surface area (TPSA) is 122 Å². The average Bonchev–Trinajstić information content (AvgIpc) is 2.34. The maximum atomic E-state index is 11.7. The standard InChI is InChI=1S/C11H19N5O3/c1-11(2,9(18)13-3)5-14-6-7(12)16(4)10(19)15-8(6)17/h14H,5,12H2,1-4H3,(H,13,18)(H,15,17,19). The number of anilines is 2. The molecule has 8 heteroatoms. The van der Waals surface area contributed by atoms with Crippen LogP contribution in [0.25, 0.3) is 0 Å². The molecule has 19 heavy (non-hydrogen) atoms. The van der Waals surface area contributed by atoms with Crippen LogP contribution in [0.2, 0.25) is 0 Å². The van der Waals surface area contributed by atoms with Crippen LogP contribution in [0.1, 0.15) is 13.8 Å². The van der Waals surface area contributed by atoms with Crippen molar-refractivity contribution in [2.24, 2.45) is 12.5 Å². The fourth-order valence-corrected chi connectivity index (χ4v) is 1.54. The first-order valence-corrected chi connectivity index (χ1v) is 5.75. The molecule has 5 N–H and O–H groups in total. The van der Waals surface area contributed by atoms with Crippen molar-refractivity contribution >= 4 is 17.4 Å². The fraction of sp³-hybridized carbons (Fsp3) is 0.545. The Hall–Kier alpha value is -2.25. The molecule has 1 amide bonds. The Balaban J connectivity index is 3.03. The Morgan fingerprint density at radius 1 is 1.42 bits per heavy atom. The third-order valence-corrected chi connectivity index (χ3v) is 2.92. The van der Waals surface area contributed by atoms with Gasteiger partial charge in [0.15, 0.2) is 0 Å². The van der Waals surface area contributed by atoms with Gasteiger partial charge in [-0.15, -0.1) is 0 Å². The van der Waals surface area contributed by atoms with Crippen molar-refractivity contribution in [3.05, 3.63) is 20.8 Å². The molecular formula is C11H19N5O3. The van der Waals surface area contributed by atoms with Crippen molar-refractivity contribution in [2.75, 3.05) is 24.6 Å². The van der Waals surface area contributed by atoms with Crippen molar-refractivity contribution in [1.29, 1.82) is 0 Å². The average molecular weight is 269 g/mol. The molecular weight excluding hydrogens is 250 g/mol. The summed E-state index contributed by atoms with van der Waals surface area (Å²) in [5.74, 6) is -0.138. The molecule has 0 radical (unpaired) electrons. The quantitative estimate of drug-likeness (QED) is 0.549. The number of rotatable bonds is 4. The van der Waals surface area contributed by atoms with E-state index in [4.69, 9.17) is 5.73 Å². The summed E-state index contributed by atoms with van der Waals surface area (Å²) in [6.45, 7) is 3.66. The lowest BCUT2D eigenvalue weighted by atomic mass is 9.92. The first kappa shape index (κ1) is 14.8. The summed E-state index contributed by atoms with van der Waals surface area (Å²) in [5.41, 5.74) is 3.88. The molecule has 0 saturated heterocycles. The molecule has 1 rings (SSSR count). The lowest BCUT2D eigenvalue weighted by molar-refractivity contribution is -0.128. The molecule has 0 fully saturated rings. The molecule has 106 valence electrons. The van der Waals surface area contributed by atoms with Gasteiger partial charge >= 0.3 is 5.69 Å². The van der Waals surface area contributed by atoms with Gasteiger partial charge in [0.25, 0.3) is 5.56 Å². The summed E-state index contributed by atoms with van der Waals surface area (Å²) in [6, 6.07) is 0. The molecule has 0 aromatic carbocycles. The van der Waals surface area contributed by atoms with Gasteiger partial charge in [0.1, 0.15) is 11.5 Å². The van der Waals surface area contributed by atoms with Crippen LogP contribution in [0.4, 0.5) is 11.5 Å². The summed E-state index contributed by atoms with van der Waals surface area (Å²) in [6.07, 6.45) is 0. The van der Waals surface area contributed by atoms with Crippen LogP contribution in [-0.2, 0) is 11.8 Å². The molecule has 0 saturated carbocycles. The van der Waals surface area contributed by atoms with Crippen LogP contribution in [0.5, 0.6) is 0 Å². The van der Waals surface area contributed by atoms with E-state index in [0.29, 0.717) is 0 Å². The van der Waals surface area contributed by atoms with Crippen molar-refractivity contribution in [1.82, 2.24) is 14.9 Å². The van der Waals surface area contributed by atoms with E-state index in [9.17, 15) is 14.4 Å². The third kappa shape index (κ3) is 2.95. The summed E-state index contributed by atoms with van der Waals surface area (Å²) >= 11 is 0. The molecule has 0 spiro atoms. The number of hydrogen-bond donors (Lipinski definition) is 4. The highest BCUT2D eigenvalue weighted by Gasteiger charge is 2.27. The van der Waals surface area contributed by atoms with Crippen LogP contribution >= 0.6 is 0 Å². The van der Waals surface area contributed by atoms with E-state index in [2.05, 4.69) is 15.6 Å². The summed E-state index contributed by atoms with van der Waals surface area (Å²) in [7, 11) is 2.99. The van der Waals surface area contributed by atoms with Gasteiger partial charge in [-0.25, -0.2) is 4.79 Å². The first-order valence-electron chi connectivity index (χ1n) is 5.75. The molecule has 0 aliphatic carbocycles. The fourth-order valence-electron chi connectivity index (χ4n) is 1.54. The SMILES string of the molecule is CNC(=O)C(C)(C)CNc1c(N)n(C)c(=O)[nH]c1=O. The van der Waals surface area contributed by atoms with E-state index < -0.39 is 16.7 Å².